The van der Waals surface area contributed by atoms with E-state index in [9.17, 15) is 9.59 Å². The summed E-state index contributed by atoms with van der Waals surface area (Å²) in [5.74, 6) is -0.761. The number of carbonyl (C=O) groups excluding carboxylic acids is 1. The molecule has 0 aliphatic carbocycles. The van der Waals surface area contributed by atoms with Crippen molar-refractivity contribution in [2.75, 3.05) is 25.7 Å². The summed E-state index contributed by atoms with van der Waals surface area (Å²) in [5.41, 5.74) is 0.538. The molecule has 2 rings (SSSR count). The van der Waals surface area contributed by atoms with Crippen LogP contribution < -0.4 is 14.4 Å². The molecule has 1 aromatic rings. The zero-order chi connectivity index (χ0) is 14.0. The molecule has 1 atom stereocenters. The van der Waals surface area contributed by atoms with Gasteiger partial charge in [0.25, 0.3) is 0 Å². The van der Waals surface area contributed by atoms with E-state index in [1.807, 2.05) is 0 Å². The molecular weight excluding hydrogens is 250 g/mol. The molecule has 1 N–H and O–H groups in total. The molecule has 102 valence electrons. The molecule has 1 aliphatic heterocycles. The number of carboxylic acids is 1. The molecule has 19 heavy (non-hydrogen) atoms. The maximum absolute atomic E-state index is 11.9. The molecule has 1 saturated heterocycles. The lowest BCUT2D eigenvalue weighted by Crippen LogP contribution is -2.26. The minimum absolute atomic E-state index is 0.00962. The number of anilines is 1. The predicted molar refractivity (Wildman–Crippen MR) is 67.6 cm³/mol. The van der Waals surface area contributed by atoms with Crippen LogP contribution in [0.4, 0.5) is 5.69 Å². The maximum Gasteiger partial charge on any atom is 0.308 e. The third-order valence-corrected chi connectivity index (χ3v) is 3.15. The lowest BCUT2D eigenvalue weighted by Gasteiger charge is -2.19. The first kappa shape index (κ1) is 13.2. The molecule has 6 nitrogen and oxygen atoms in total. The van der Waals surface area contributed by atoms with E-state index in [0.29, 0.717) is 17.2 Å². The smallest absolute Gasteiger partial charge is 0.308 e. The van der Waals surface area contributed by atoms with Crippen molar-refractivity contribution in [3.63, 3.8) is 0 Å². The van der Waals surface area contributed by atoms with Gasteiger partial charge in [-0.25, -0.2) is 0 Å². The lowest BCUT2D eigenvalue weighted by atomic mass is 10.1. The van der Waals surface area contributed by atoms with Crippen LogP contribution in [0.2, 0.25) is 0 Å². The number of methoxy groups -OCH3 is 2. The van der Waals surface area contributed by atoms with E-state index >= 15 is 0 Å². The fraction of sp³-hybridized carbons (Fsp3) is 0.385. The van der Waals surface area contributed by atoms with Gasteiger partial charge in [0.15, 0.2) is 0 Å². The molecule has 0 spiro atoms. The number of hydrogen-bond donors (Lipinski definition) is 1. The minimum Gasteiger partial charge on any atom is -0.497 e. The second-order valence-electron chi connectivity index (χ2n) is 4.28. The zero-order valence-corrected chi connectivity index (χ0v) is 10.8. The average Bonchev–Trinajstić information content (AvgIpc) is 2.80. The average molecular weight is 265 g/mol. The number of aliphatic carboxylic acids is 1. The van der Waals surface area contributed by atoms with Gasteiger partial charge in [-0.05, 0) is 12.1 Å². The standard InChI is InChI=1S/C13H15NO5/c1-18-9-3-4-11(19-2)10(6-9)14-7-8(13(16)17)5-12(14)15/h3-4,6,8H,5,7H2,1-2H3,(H,16,17)/t8-/m0/s1. The van der Waals surface area contributed by atoms with Crippen LogP contribution in [0.1, 0.15) is 6.42 Å². The first-order valence-electron chi connectivity index (χ1n) is 5.82. The van der Waals surface area contributed by atoms with Gasteiger partial charge in [0.1, 0.15) is 11.5 Å². The summed E-state index contributed by atoms with van der Waals surface area (Å²) in [6, 6.07) is 5.08. The van der Waals surface area contributed by atoms with Crippen LogP contribution in [0.3, 0.4) is 0 Å². The molecule has 6 heteroatoms. The molecular formula is C13H15NO5. The number of rotatable bonds is 4. The summed E-state index contributed by atoms with van der Waals surface area (Å²) in [4.78, 5) is 24.3. The molecule has 0 radical (unpaired) electrons. The quantitative estimate of drug-likeness (QED) is 0.883. The van der Waals surface area contributed by atoms with Crippen LogP contribution in [-0.2, 0) is 9.59 Å². The van der Waals surface area contributed by atoms with Crippen molar-refractivity contribution in [3.05, 3.63) is 18.2 Å². The molecule has 0 bridgehead atoms. The third-order valence-electron chi connectivity index (χ3n) is 3.15. The molecule has 0 aromatic heterocycles. The molecule has 1 fully saturated rings. The van der Waals surface area contributed by atoms with E-state index in [1.165, 1.54) is 19.1 Å². The highest BCUT2D eigenvalue weighted by molar-refractivity contribution is 6.00. The van der Waals surface area contributed by atoms with Gasteiger partial charge in [-0.3, -0.25) is 9.59 Å². The molecule has 1 amide bonds. The van der Waals surface area contributed by atoms with E-state index < -0.39 is 11.9 Å². The van der Waals surface area contributed by atoms with Gasteiger partial charge in [0.2, 0.25) is 5.91 Å². The van der Waals surface area contributed by atoms with Crippen LogP contribution in [0.5, 0.6) is 11.5 Å². The van der Waals surface area contributed by atoms with Crippen molar-refractivity contribution >= 4 is 17.6 Å². The second kappa shape index (κ2) is 5.17. The van der Waals surface area contributed by atoms with Gasteiger partial charge >= 0.3 is 5.97 Å². The topological polar surface area (TPSA) is 76.1 Å². The van der Waals surface area contributed by atoms with Crippen molar-refractivity contribution in [2.24, 2.45) is 5.92 Å². The number of nitrogens with zero attached hydrogens (tertiary/aromatic N) is 1. The first-order valence-corrected chi connectivity index (χ1v) is 5.82. The highest BCUT2D eigenvalue weighted by Crippen LogP contribution is 2.35. The number of amides is 1. The van der Waals surface area contributed by atoms with E-state index in [0.717, 1.165) is 0 Å². The van der Waals surface area contributed by atoms with Gasteiger partial charge in [-0.2, -0.15) is 0 Å². The Kier molecular flexibility index (Phi) is 3.59. The number of ether oxygens (including phenoxy) is 2. The van der Waals surface area contributed by atoms with E-state index in [1.54, 1.807) is 18.2 Å². The third kappa shape index (κ3) is 2.47. The van der Waals surface area contributed by atoms with Gasteiger partial charge in [-0.15, -0.1) is 0 Å². The maximum atomic E-state index is 11.9. The number of carbonyl (C=O) groups is 2. The van der Waals surface area contributed by atoms with Crippen molar-refractivity contribution in [1.29, 1.82) is 0 Å². The van der Waals surface area contributed by atoms with Gasteiger partial charge in [0, 0.05) is 19.0 Å². The van der Waals surface area contributed by atoms with Crippen LogP contribution in [0.25, 0.3) is 0 Å². The van der Waals surface area contributed by atoms with Crippen LogP contribution in [0.15, 0.2) is 18.2 Å². The second-order valence-corrected chi connectivity index (χ2v) is 4.28. The molecule has 1 aromatic carbocycles. The highest BCUT2D eigenvalue weighted by Gasteiger charge is 2.36. The Hall–Kier alpha value is -2.24. The largest absolute Gasteiger partial charge is 0.497 e. The SMILES string of the molecule is COc1ccc(OC)c(N2C[C@@H](C(=O)O)CC2=O)c1. The Balaban J connectivity index is 2.35. The Labute approximate surface area is 110 Å². The summed E-state index contributed by atoms with van der Waals surface area (Å²) in [7, 11) is 3.03. The Morgan fingerprint density at radius 2 is 2.11 bits per heavy atom. The fourth-order valence-electron chi connectivity index (χ4n) is 2.11. The van der Waals surface area contributed by atoms with E-state index in [4.69, 9.17) is 14.6 Å². The summed E-state index contributed by atoms with van der Waals surface area (Å²) < 4.78 is 10.3. The minimum atomic E-state index is -0.960. The van der Waals surface area contributed by atoms with E-state index in [2.05, 4.69) is 0 Å². The molecule has 1 heterocycles. The Morgan fingerprint density at radius 1 is 1.37 bits per heavy atom. The lowest BCUT2D eigenvalue weighted by molar-refractivity contribution is -0.141. The van der Waals surface area contributed by atoms with Crippen molar-refractivity contribution in [2.45, 2.75) is 6.42 Å². The Morgan fingerprint density at radius 3 is 2.63 bits per heavy atom. The molecule has 0 unspecified atom stereocenters. The van der Waals surface area contributed by atoms with Crippen molar-refractivity contribution in [1.82, 2.24) is 0 Å². The highest BCUT2D eigenvalue weighted by atomic mass is 16.5. The predicted octanol–water partition coefficient (Wildman–Crippen LogP) is 1.14. The number of hydrogen-bond acceptors (Lipinski definition) is 4. The van der Waals surface area contributed by atoms with Crippen LogP contribution in [0, 0.1) is 5.92 Å². The van der Waals surface area contributed by atoms with E-state index in [-0.39, 0.29) is 18.9 Å². The van der Waals surface area contributed by atoms with Crippen molar-refractivity contribution < 1.29 is 24.2 Å². The normalized spacial score (nSPS) is 18.5. The summed E-state index contributed by atoms with van der Waals surface area (Å²) >= 11 is 0. The summed E-state index contributed by atoms with van der Waals surface area (Å²) in [5, 5.41) is 8.99. The van der Waals surface area contributed by atoms with Crippen LogP contribution >= 0.6 is 0 Å². The monoisotopic (exact) mass is 265 g/mol. The summed E-state index contributed by atoms with van der Waals surface area (Å²) in [6.45, 7) is 0.150. The van der Waals surface area contributed by atoms with Crippen LogP contribution in [-0.4, -0.2) is 37.7 Å². The zero-order valence-electron chi connectivity index (χ0n) is 10.8. The fourth-order valence-corrected chi connectivity index (χ4v) is 2.11. The number of benzene rings is 1. The van der Waals surface area contributed by atoms with Gasteiger partial charge in [-0.1, -0.05) is 0 Å². The molecule has 1 aliphatic rings. The van der Waals surface area contributed by atoms with Crippen molar-refractivity contribution in [3.8, 4) is 11.5 Å². The summed E-state index contributed by atoms with van der Waals surface area (Å²) in [6.07, 6.45) is 0.00962. The number of carboxylic acid groups (broad SMARTS) is 1. The first-order chi connectivity index (χ1) is 9.06. The Bertz CT molecular complexity index is 514. The van der Waals surface area contributed by atoms with Gasteiger partial charge < -0.3 is 19.5 Å². The molecule has 0 saturated carbocycles. The van der Waals surface area contributed by atoms with Gasteiger partial charge in [0.05, 0.1) is 25.8 Å².